The second kappa shape index (κ2) is 10.4. The predicted molar refractivity (Wildman–Crippen MR) is 140 cm³/mol. The fraction of sp³-hybridized carbons (Fsp3) is 0.281. The molecule has 0 aromatic heterocycles. The van der Waals surface area contributed by atoms with Gasteiger partial charge in [0, 0.05) is 30.4 Å². The Hall–Kier alpha value is -3.59. The molecule has 0 saturated heterocycles. The fourth-order valence-corrected chi connectivity index (χ4v) is 5.48. The fourth-order valence-electron chi connectivity index (χ4n) is 5.48. The van der Waals surface area contributed by atoms with Crippen molar-refractivity contribution in [2.24, 2.45) is 5.92 Å². The minimum atomic E-state index is -0.0520. The molecule has 0 aliphatic heterocycles. The number of rotatable bonds is 8. The molecule has 2 aliphatic rings. The van der Waals surface area contributed by atoms with Gasteiger partial charge in [0.2, 0.25) is 0 Å². The van der Waals surface area contributed by atoms with Gasteiger partial charge in [0.1, 0.15) is 0 Å². The van der Waals surface area contributed by atoms with E-state index in [1.807, 2.05) is 54.6 Å². The van der Waals surface area contributed by atoms with Crippen LogP contribution in [0, 0.1) is 5.92 Å². The number of benzene rings is 3. The molecule has 0 N–H and O–H groups in total. The number of carbonyl (C=O) groups is 3. The lowest BCUT2D eigenvalue weighted by Crippen LogP contribution is -2.18. The monoisotopic (exact) mass is 462 g/mol. The van der Waals surface area contributed by atoms with E-state index < -0.39 is 0 Å². The topological polar surface area (TPSA) is 51.2 Å². The highest BCUT2D eigenvalue weighted by atomic mass is 16.1. The highest BCUT2D eigenvalue weighted by Crippen LogP contribution is 2.37. The predicted octanol–water partition coefficient (Wildman–Crippen LogP) is 7.24. The summed E-state index contributed by atoms with van der Waals surface area (Å²) in [5.74, 6) is 0.586. The van der Waals surface area contributed by atoms with Crippen LogP contribution in [0.1, 0.15) is 71.2 Å². The minimum absolute atomic E-state index is 0.0190. The van der Waals surface area contributed by atoms with E-state index in [-0.39, 0.29) is 30.2 Å². The summed E-state index contributed by atoms with van der Waals surface area (Å²) in [6.07, 6.45) is 10.5. The first-order valence-corrected chi connectivity index (χ1v) is 12.6. The lowest BCUT2D eigenvalue weighted by molar-refractivity contribution is -0.115. The molecular weight excluding hydrogens is 432 g/mol. The van der Waals surface area contributed by atoms with Crippen LogP contribution in [0.5, 0.6) is 0 Å². The summed E-state index contributed by atoms with van der Waals surface area (Å²) in [5, 5.41) is 1.94. The summed E-state index contributed by atoms with van der Waals surface area (Å²) in [6.45, 7) is 0. The van der Waals surface area contributed by atoms with E-state index in [0.29, 0.717) is 23.5 Å². The Bertz CT molecular complexity index is 1340. The van der Waals surface area contributed by atoms with Crippen molar-refractivity contribution in [1.82, 2.24) is 0 Å². The van der Waals surface area contributed by atoms with Crippen LogP contribution in [0.2, 0.25) is 0 Å². The van der Waals surface area contributed by atoms with Crippen molar-refractivity contribution in [1.29, 1.82) is 0 Å². The molecule has 0 bridgehead atoms. The zero-order valence-electron chi connectivity index (χ0n) is 20.0. The van der Waals surface area contributed by atoms with Crippen molar-refractivity contribution < 1.29 is 14.4 Å². The van der Waals surface area contributed by atoms with Crippen LogP contribution < -0.4 is 0 Å². The molecule has 176 valence electrons. The van der Waals surface area contributed by atoms with Crippen LogP contribution in [0.25, 0.3) is 10.8 Å². The van der Waals surface area contributed by atoms with Crippen LogP contribution in [0.4, 0.5) is 0 Å². The standard InChI is InChI=1S/C32H30O3/c33-30(19-20-31(34)28-13-5-9-23-7-1-3-11-26(23)28)25-17-15-22(16-18-25)21-32(35)29-14-6-10-24-8-2-4-12-27(24)29/h1,3,5-7,9-11,13,15-18,24H,2,4,8,12,14,19-21H2. The number of hydrogen-bond donors (Lipinski definition) is 0. The van der Waals surface area contributed by atoms with Gasteiger partial charge in [-0.05, 0) is 53.5 Å². The van der Waals surface area contributed by atoms with Crippen LogP contribution in [0.15, 0.2) is 90.0 Å². The van der Waals surface area contributed by atoms with Crippen LogP contribution in [0.3, 0.4) is 0 Å². The number of hydrogen-bond acceptors (Lipinski definition) is 3. The molecule has 1 atom stereocenters. The molecule has 3 aromatic rings. The van der Waals surface area contributed by atoms with Gasteiger partial charge in [-0.25, -0.2) is 0 Å². The Labute approximate surface area is 206 Å². The Balaban J connectivity index is 1.20. The van der Waals surface area contributed by atoms with E-state index in [0.717, 1.165) is 41.2 Å². The van der Waals surface area contributed by atoms with E-state index in [1.165, 1.54) is 18.4 Å². The van der Waals surface area contributed by atoms with Crippen molar-refractivity contribution in [3.8, 4) is 0 Å². The van der Waals surface area contributed by atoms with Gasteiger partial charge in [0.15, 0.2) is 17.3 Å². The molecule has 3 heteroatoms. The Morgan fingerprint density at radius 1 is 0.771 bits per heavy atom. The smallest absolute Gasteiger partial charge is 0.163 e. The van der Waals surface area contributed by atoms with E-state index in [2.05, 4.69) is 12.2 Å². The summed E-state index contributed by atoms with van der Waals surface area (Å²) in [4.78, 5) is 38.6. The second-order valence-corrected chi connectivity index (χ2v) is 9.66. The number of fused-ring (bicyclic) bond motifs is 2. The third kappa shape index (κ3) is 5.09. The normalized spacial score (nSPS) is 17.3. The molecular formula is C32H30O3. The molecule has 3 aromatic carbocycles. The molecule has 35 heavy (non-hydrogen) atoms. The first-order chi connectivity index (χ1) is 17.1. The molecule has 1 saturated carbocycles. The number of carbonyl (C=O) groups excluding carboxylic acids is 3. The molecule has 0 heterocycles. The van der Waals surface area contributed by atoms with Gasteiger partial charge in [0.05, 0.1) is 0 Å². The molecule has 0 amide bonds. The zero-order valence-corrected chi connectivity index (χ0v) is 20.0. The molecule has 5 rings (SSSR count). The van der Waals surface area contributed by atoms with Gasteiger partial charge in [-0.15, -0.1) is 0 Å². The molecule has 2 aliphatic carbocycles. The zero-order chi connectivity index (χ0) is 24.2. The van der Waals surface area contributed by atoms with E-state index in [9.17, 15) is 14.4 Å². The maximum Gasteiger partial charge on any atom is 0.163 e. The molecule has 1 fully saturated rings. The maximum atomic E-state index is 13.1. The van der Waals surface area contributed by atoms with Crippen LogP contribution in [-0.4, -0.2) is 17.3 Å². The molecule has 0 spiro atoms. The summed E-state index contributed by atoms with van der Waals surface area (Å²) >= 11 is 0. The average molecular weight is 463 g/mol. The lowest BCUT2D eigenvalue weighted by Gasteiger charge is -2.28. The molecule has 3 nitrogen and oxygen atoms in total. The maximum absolute atomic E-state index is 13.1. The van der Waals surface area contributed by atoms with Gasteiger partial charge < -0.3 is 0 Å². The summed E-state index contributed by atoms with van der Waals surface area (Å²) in [7, 11) is 0. The molecule has 1 unspecified atom stereocenters. The number of allylic oxidation sites excluding steroid dienone is 4. The van der Waals surface area contributed by atoms with Gasteiger partial charge in [0.25, 0.3) is 0 Å². The SMILES string of the molecule is O=C(Cc1ccc(C(=O)CCC(=O)c2cccc3ccccc23)cc1)C1=C2CCCCC2C=CC1. The lowest BCUT2D eigenvalue weighted by atomic mass is 9.76. The largest absolute Gasteiger partial charge is 0.294 e. The van der Waals surface area contributed by atoms with Gasteiger partial charge in [-0.1, -0.05) is 90.9 Å². The number of ketones is 3. The summed E-state index contributed by atoms with van der Waals surface area (Å²) < 4.78 is 0. The number of Topliss-reactive ketones (excluding diaryl/α,β-unsaturated/α-hetero) is 3. The van der Waals surface area contributed by atoms with Crippen molar-refractivity contribution >= 4 is 28.1 Å². The second-order valence-electron chi connectivity index (χ2n) is 9.66. The summed E-state index contributed by atoms with van der Waals surface area (Å²) in [6, 6.07) is 20.8. The van der Waals surface area contributed by atoms with Crippen molar-refractivity contribution in [3.63, 3.8) is 0 Å². The third-order valence-corrected chi connectivity index (χ3v) is 7.38. The van der Waals surface area contributed by atoms with Gasteiger partial charge in [-0.3, -0.25) is 14.4 Å². The quantitative estimate of drug-likeness (QED) is 0.262. The minimum Gasteiger partial charge on any atom is -0.294 e. The first-order valence-electron chi connectivity index (χ1n) is 12.6. The average Bonchev–Trinajstić information content (AvgIpc) is 2.91. The Morgan fingerprint density at radius 2 is 1.54 bits per heavy atom. The first kappa shape index (κ1) is 23.2. The van der Waals surface area contributed by atoms with E-state index in [4.69, 9.17) is 0 Å². The Kier molecular flexibility index (Phi) is 6.85. The third-order valence-electron chi connectivity index (χ3n) is 7.38. The van der Waals surface area contributed by atoms with Gasteiger partial charge >= 0.3 is 0 Å². The Morgan fingerprint density at radius 3 is 2.40 bits per heavy atom. The van der Waals surface area contributed by atoms with Crippen molar-refractivity contribution in [2.45, 2.75) is 51.4 Å². The van der Waals surface area contributed by atoms with E-state index >= 15 is 0 Å². The highest BCUT2D eigenvalue weighted by Gasteiger charge is 2.25. The van der Waals surface area contributed by atoms with E-state index in [1.54, 1.807) is 12.1 Å². The van der Waals surface area contributed by atoms with Gasteiger partial charge in [-0.2, -0.15) is 0 Å². The van der Waals surface area contributed by atoms with Crippen molar-refractivity contribution in [2.75, 3.05) is 0 Å². The van der Waals surface area contributed by atoms with Crippen LogP contribution in [-0.2, 0) is 11.2 Å². The molecule has 0 radical (unpaired) electrons. The summed E-state index contributed by atoms with van der Waals surface area (Å²) in [5.41, 5.74) is 4.53. The van der Waals surface area contributed by atoms with Crippen molar-refractivity contribution in [3.05, 3.63) is 107 Å². The highest BCUT2D eigenvalue weighted by molar-refractivity contribution is 6.09. The van der Waals surface area contributed by atoms with Crippen LogP contribution >= 0.6 is 0 Å².